The molecule has 1 heterocycles. The zero-order valence-electron chi connectivity index (χ0n) is 10.2. The number of nitrogens with one attached hydrogen (secondary N) is 1. The molecule has 5 nitrogen and oxygen atoms in total. The first-order valence-corrected chi connectivity index (χ1v) is 6.39. The minimum Gasteiger partial charge on any atom is -0.480 e. The van der Waals surface area contributed by atoms with Crippen molar-refractivity contribution in [1.29, 1.82) is 0 Å². The Labute approximate surface area is 101 Å². The van der Waals surface area contributed by atoms with Crippen LogP contribution in [0.4, 0.5) is 4.79 Å². The highest BCUT2D eigenvalue weighted by molar-refractivity contribution is 5.82. The maximum Gasteiger partial charge on any atom is 0.325 e. The lowest BCUT2D eigenvalue weighted by Crippen LogP contribution is -2.49. The van der Waals surface area contributed by atoms with Gasteiger partial charge in [-0.25, -0.2) is 4.79 Å². The molecule has 0 aromatic heterocycles. The Balaban J connectivity index is 1.93. The van der Waals surface area contributed by atoms with E-state index in [9.17, 15) is 9.59 Å². The highest BCUT2D eigenvalue weighted by atomic mass is 16.4. The number of hydrogen-bond donors (Lipinski definition) is 2. The van der Waals surface area contributed by atoms with Crippen LogP contribution < -0.4 is 5.32 Å². The van der Waals surface area contributed by atoms with Crippen molar-refractivity contribution in [3.05, 3.63) is 0 Å². The van der Waals surface area contributed by atoms with Crippen LogP contribution in [0.2, 0.25) is 0 Å². The van der Waals surface area contributed by atoms with E-state index < -0.39 is 12.0 Å². The lowest BCUT2D eigenvalue weighted by molar-refractivity contribution is -0.138. The van der Waals surface area contributed by atoms with Gasteiger partial charge in [0.1, 0.15) is 6.04 Å². The second-order valence-electron chi connectivity index (χ2n) is 5.10. The van der Waals surface area contributed by atoms with Crippen molar-refractivity contribution in [3.8, 4) is 0 Å². The molecule has 2 N–H and O–H groups in total. The molecule has 1 saturated carbocycles. The van der Waals surface area contributed by atoms with E-state index in [2.05, 4.69) is 5.32 Å². The highest BCUT2D eigenvalue weighted by Gasteiger charge is 2.38. The van der Waals surface area contributed by atoms with Gasteiger partial charge in [-0.1, -0.05) is 12.8 Å². The normalized spacial score (nSPS) is 29.6. The van der Waals surface area contributed by atoms with Crippen LogP contribution in [0.5, 0.6) is 0 Å². The summed E-state index contributed by atoms with van der Waals surface area (Å²) in [7, 11) is 0. The SMILES string of the molecule is CC(NC(=O)N1CCC2CCCCC21)C(=O)O. The van der Waals surface area contributed by atoms with Crippen molar-refractivity contribution >= 4 is 12.0 Å². The molecule has 1 saturated heterocycles. The van der Waals surface area contributed by atoms with Crippen LogP contribution >= 0.6 is 0 Å². The molecule has 2 amide bonds. The Hall–Kier alpha value is -1.26. The Morgan fingerprint density at radius 3 is 2.71 bits per heavy atom. The summed E-state index contributed by atoms with van der Waals surface area (Å²) in [4.78, 5) is 24.5. The number of likely N-dealkylation sites (tertiary alicyclic amines) is 1. The molecule has 0 bridgehead atoms. The quantitative estimate of drug-likeness (QED) is 0.767. The van der Waals surface area contributed by atoms with Crippen LogP contribution in [0.1, 0.15) is 39.0 Å². The van der Waals surface area contributed by atoms with Crippen molar-refractivity contribution in [2.45, 2.75) is 51.1 Å². The van der Waals surface area contributed by atoms with E-state index >= 15 is 0 Å². The third kappa shape index (κ3) is 2.53. The minimum absolute atomic E-state index is 0.214. The monoisotopic (exact) mass is 240 g/mol. The summed E-state index contributed by atoms with van der Waals surface area (Å²) in [5.41, 5.74) is 0. The highest BCUT2D eigenvalue weighted by Crippen LogP contribution is 2.35. The molecule has 17 heavy (non-hydrogen) atoms. The zero-order chi connectivity index (χ0) is 12.4. The molecule has 2 fully saturated rings. The number of carboxylic acid groups (broad SMARTS) is 1. The van der Waals surface area contributed by atoms with Crippen LogP contribution in [0, 0.1) is 5.92 Å². The van der Waals surface area contributed by atoms with Gasteiger partial charge in [-0.05, 0) is 32.1 Å². The molecule has 0 spiro atoms. The predicted molar refractivity (Wildman–Crippen MR) is 62.7 cm³/mol. The Morgan fingerprint density at radius 2 is 2.00 bits per heavy atom. The molecule has 0 aromatic rings. The lowest BCUT2D eigenvalue weighted by atomic mass is 9.85. The predicted octanol–water partition coefficient (Wildman–Crippen LogP) is 1.43. The van der Waals surface area contributed by atoms with Crippen molar-refractivity contribution in [1.82, 2.24) is 10.2 Å². The van der Waals surface area contributed by atoms with Crippen LogP contribution in [0.15, 0.2) is 0 Å². The summed E-state index contributed by atoms with van der Waals surface area (Å²) in [5.74, 6) is -0.354. The average molecular weight is 240 g/mol. The van der Waals surface area contributed by atoms with Gasteiger partial charge in [0.15, 0.2) is 0 Å². The van der Waals surface area contributed by atoms with E-state index in [-0.39, 0.29) is 6.03 Å². The maximum atomic E-state index is 12.0. The van der Waals surface area contributed by atoms with Gasteiger partial charge in [0, 0.05) is 12.6 Å². The van der Waals surface area contributed by atoms with Gasteiger partial charge in [0.2, 0.25) is 0 Å². The number of carbonyl (C=O) groups is 2. The first-order valence-electron chi connectivity index (χ1n) is 6.39. The summed E-state index contributed by atoms with van der Waals surface area (Å²) < 4.78 is 0. The van der Waals surface area contributed by atoms with Gasteiger partial charge in [0.25, 0.3) is 0 Å². The molecule has 5 heteroatoms. The molecule has 0 radical (unpaired) electrons. The molecule has 96 valence electrons. The van der Waals surface area contributed by atoms with E-state index in [1.807, 2.05) is 4.90 Å². The number of fused-ring (bicyclic) bond motifs is 1. The molecular weight excluding hydrogens is 220 g/mol. The van der Waals surface area contributed by atoms with Crippen molar-refractivity contribution in [2.24, 2.45) is 5.92 Å². The van der Waals surface area contributed by atoms with Gasteiger partial charge in [-0.15, -0.1) is 0 Å². The van der Waals surface area contributed by atoms with E-state index in [1.54, 1.807) is 0 Å². The number of urea groups is 1. The number of hydrogen-bond acceptors (Lipinski definition) is 2. The van der Waals surface area contributed by atoms with Gasteiger partial charge >= 0.3 is 12.0 Å². The van der Waals surface area contributed by atoms with Crippen LogP contribution in [0.3, 0.4) is 0 Å². The van der Waals surface area contributed by atoms with Gasteiger partial charge in [-0.2, -0.15) is 0 Å². The zero-order valence-corrected chi connectivity index (χ0v) is 10.2. The summed E-state index contributed by atoms with van der Waals surface area (Å²) in [5, 5.41) is 11.3. The van der Waals surface area contributed by atoms with Crippen molar-refractivity contribution < 1.29 is 14.7 Å². The van der Waals surface area contributed by atoms with Crippen LogP contribution in [-0.4, -0.2) is 40.6 Å². The Bertz CT molecular complexity index is 319. The summed E-state index contributed by atoms with van der Waals surface area (Å²) in [6.45, 7) is 2.27. The smallest absolute Gasteiger partial charge is 0.325 e. The largest absolute Gasteiger partial charge is 0.480 e. The number of aliphatic carboxylic acids is 1. The van der Waals surface area contributed by atoms with E-state index in [1.165, 1.54) is 26.2 Å². The summed E-state index contributed by atoms with van der Waals surface area (Å²) in [6.07, 6.45) is 5.80. The van der Waals surface area contributed by atoms with E-state index in [0.717, 1.165) is 19.4 Å². The van der Waals surface area contributed by atoms with E-state index in [0.29, 0.717) is 12.0 Å². The van der Waals surface area contributed by atoms with Crippen LogP contribution in [0.25, 0.3) is 0 Å². The second kappa shape index (κ2) is 4.94. The van der Waals surface area contributed by atoms with Gasteiger partial charge in [0.05, 0.1) is 0 Å². The molecule has 1 aliphatic carbocycles. The number of carboxylic acids is 1. The minimum atomic E-state index is -0.988. The molecule has 0 aromatic carbocycles. The number of rotatable bonds is 2. The standard InChI is InChI=1S/C12H20N2O3/c1-8(11(15)16)13-12(17)14-7-6-9-4-2-3-5-10(9)14/h8-10H,2-7H2,1H3,(H,13,17)(H,15,16). The Morgan fingerprint density at radius 1 is 1.29 bits per heavy atom. The fraction of sp³-hybridized carbons (Fsp3) is 0.833. The molecule has 3 unspecified atom stereocenters. The van der Waals surface area contributed by atoms with E-state index in [4.69, 9.17) is 5.11 Å². The summed E-state index contributed by atoms with van der Waals surface area (Å²) in [6, 6.07) is -0.691. The number of amides is 2. The maximum absolute atomic E-state index is 12.0. The van der Waals surface area contributed by atoms with Crippen molar-refractivity contribution in [3.63, 3.8) is 0 Å². The molecule has 3 atom stereocenters. The average Bonchev–Trinajstić information content (AvgIpc) is 2.72. The van der Waals surface area contributed by atoms with Gasteiger partial charge < -0.3 is 15.3 Å². The first kappa shape index (κ1) is 12.2. The fourth-order valence-electron chi connectivity index (χ4n) is 2.99. The number of nitrogens with zero attached hydrogens (tertiary/aromatic N) is 1. The molecule has 2 aliphatic rings. The van der Waals surface area contributed by atoms with Crippen LogP contribution in [-0.2, 0) is 4.79 Å². The van der Waals surface area contributed by atoms with Gasteiger partial charge in [-0.3, -0.25) is 4.79 Å². The summed E-state index contributed by atoms with van der Waals surface area (Å²) >= 11 is 0. The molecular formula is C12H20N2O3. The third-order valence-corrected chi connectivity index (χ3v) is 3.98. The topological polar surface area (TPSA) is 69.6 Å². The fourth-order valence-corrected chi connectivity index (χ4v) is 2.99. The Kier molecular flexibility index (Phi) is 3.54. The molecule has 1 aliphatic heterocycles. The van der Waals surface area contributed by atoms with Crippen molar-refractivity contribution in [2.75, 3.05) is 6.54 Å². The number of carbonyl (C=O) groups excluding carboxylic acids is 1. The first-order chi connectivity index (χ1) is 8.09. The lowest BCUT2D eigenvalue weighted by Gasteiger charge is -2.32. The molecule has 2 rings (SSSR count). The third-order valence-electron chi connectivity index (χ3n) is 3.98. The second-order valence-corrected chi connectivity index (χ2v) is 5.10.